The van der Waals surface area contributed by atoms with Crippen LogP contribution in [0.15, 0.2) is 33.7 Å². The van der Waals surface area contributed by atoms with Gasteiger partial charge in [-0.1, -0.05) is 16.8 Å². The largest absolute Gasteiger partial charge is 0.361 e. The number of halogens is 1. The quantitative estimate of drug-likeness (QED) is 0.734. The molecule has 0 bridgehead atoms. The van der Waals surface area contributed by atoms with Crippen LogP contribution in [-0.2, 0) is 13.1 Å². The van der Waals surface area contributed by atoms with Gasteiger partial charge in [0.15, 0.2) is 0 Å². The van der Waals surface area contributed by atoms with Gasteiger partial charge in [-0.2, -0.15) is 0 Å². The van der Waals surface area contributed by atoms with Crippen molar-refractivity contribution in [3.8, 4) is 0 Å². The van der Waals surface area contributed by atoms with Crippen molar-refractivity contribution < 1.29 is 4.52 Å². The lowest BCUT2D eigenvalue weighted by molar-refractivity contribution is 0.311. The summed E-state index contributed by atoms with van der Waals surface area (Å²) >= 11 is 5.91. The first-order valence-corrected chi connectivity index (χ1v) is 7.60. The van der Waals surface area contributed by atoms with Crippen LogP contribution in [0.25, 0.3) is 5.65 Å². The van der Waals surface area contributed by atoms with Crippen molar-refractivity contribution in [1.29, 1.82) is 0 Å². The van der Waals surface area contributed by atoms with E-state index in [2.05, 4.69) is 15.0 Å². The molecule has 120 valence electrons. The predicted molar refractivity (Wildman–Crippen MR) is 87.6 cm³/mol. The van der Waals surface area contributed by atoms with E-state index in [0.29, 0.717) is 29.5 Å². The number of rotatable bonds is 4. The Morgan fingerprint density at radius 2 is 2.09 bits per heavy atom. The Balaban J connectivity index is 1.84. The highest BCUT2D eigenvalue weighted by atomic mass is 35.5. The second-order valence-electron chi connectivity index (χ2n) is 5.64. The molecule has 0 fully saturated rings. The maximum absolute atomic E-state index is 12.2. The fraction of sp³-hybridized carbons (Fsp3) is 0.312. The third-order valence-corrected chi connectivity index (χ3v) is 3.94. The average molecular weight is 333 g/mol. The van der Waals surface area contributed by atoms with Gasteiger partial charge in [0, 0.05) is 30.9 Å². The molecule has 0 unspecified atom stereocenters. The van der Waals surface area contributed by atoms with E-state index in [0.717, 1.165) is 17.0 Å². The van der Waals surface area contributed by atoms with E-state index in [4.69, 9.17) is 16.1 Å². The molecule has 0 aliphatic carbocycles. The van der Waals surface area contributed by atoms with Gasteiger partial charge in [0.05, 0.1) is 16.4 Å². The van der Waals surface area contributed by atoms with Crippen molar-refractivity contribution in [2.45, 2.75) is 26.9 Å². The zero-order valence-corrected chi connectivity index (χ0v) is 14.0. The molecule has 7 heteroatoms. The molecule has 6 nitrogen and oxygen atoms in total. The van der Waals surface area contributed by atoms with Crippen molar-refractivity contribution in [1.82, 2.24) is 19.4 Å². The van der Waals surface area contributed by atoms with Crippen LogP contribution in [-0.4, -0.2) is 26.5 Å². The van der Waals surface area contributed by atoms with Gasteiger partial charge in [0.1, 0.15) is 11.4 Å². The number of aromatic nitrogens is 3. The van der Waals surface area contributed by atoms with Gasteiger partial charge < -0.3 is 4.52 Å². The standard InChI is InChI=1S/C16H17ClN4O2/c1-10-14(11(2)23-19-10)9-20(3)8-13-6-16(22)21-7-12(17)4-5-15(21)18-13/h4-7H,8-9H2,1-3H3. The Bertz CT molecular complexity index is 897. The fourth-order valence-corrected chi connectivity index (χ4v) is 2.70. The number of aryl methyl sites for hydroxylation is 2. The van der Waals surface area contributed by atoms with E-state index in [1.807, 2.05) is 20.9 Å². The van der Waals surface area contributed by atoms with Crippen molar-refractivity contribution >= 4 is 17.2 Å². The number of nitrogens with zero attached hydrogens (tertiary/aromatic N) is 4. The highest BCUT2D eigenvalue weighted by molar-refractivity contribution is 6.30. The summed E-state index contributed by atoms with van der Waals surface area (Å²) in [5.41, 5.74) is 3.11. The normalized spacial score (nSPS) is 11.5. The van der Waals surface area contributed by atoms with Crippen LogP contribution in [0.1, 0.15) is 22.7 Å². The van der Waals surface area contributed by atoms with Crippen LogP contribution in [0.3, 0.4) is 0 Å². The Hall–Kier alpha value is -2.18. The smallest absolute Gasteiger partial charge is 0.258 e. The SMILES string of the molecule is Cc1noc(C)c1CN(C)Cc1cc(=O)n2cc(Cl)ccc2n1. The van der Waals surface area contributed by atoms with E-state index in [1.165, 1.54) is 10.5 Å². The molecular weight excluding hydrogens is 316 g/mol. The topological polar surface area (TPSA) is 63.6 Å². The van der Waals surface area contributed by atoms with Crippen LogP contribution in [0.5, 0.6) is 0 Å². The molecule has 3 aromatic heterocycles. The maximum atomic E-state index is 12.2. The molecule has 0 spiro atoms. The van der Waals surface area contributed by atoms with E-state index in [1.54, 1.807) is 18.3 Å². The number of pyridine rings is 1. The second-order valence-corrected chi connectivity index (χ2v) is 6.07. The van der Waals surface area contributed by atoms with Gasteiger partial charge in [-0.3, -0.25) is 14.1 Å². The summed E-state index contributed by atoms with van der Waals surface area (Å²) < 4.78 is 6.62. The van der Waals surface area contributed by atoms with Crippen molar-refractivity contribution in [2.24, 2.45) is 0 Å². The van der Waals surface area contributed by atoms with Crippen molar-refractivity contribution in [2.75, 3.05) is 7.05 Å². The summed E-state index contributed by atoms with van der Waals surface area (Å²) in [6, 6.07) is 5.00. The molecule has 0 aliphatic rings. The monoisotopic (exact) mass is 332 g/mol. The van der Waals surface area contributed by atoms with Crippen LogP contribution >= 0.6 is 11.6 Å². The minimum Gasteiger partial charge on any atom is -0.361 e. The zero-order valence-electron chi connectivity index (χ0n) is 13.2. The minimum absolute atomic E-state index is 0.141. The Morgan fingerprint density at radius 1 is 1.30 bits per heavy atom. The minimum atomic E-state index is -0.141. The van der Waals surface area contributed by atoms with Crippen LogP contribution in [0.2, 0.25) is 5.02 Å². The highest BCUT2D eigenvalue weighted by Gasteiger charge is 2.13. The molecule has 0 N–H and O–H groups in total. The molecule has 0 saturated carbocycles. The first kappa shape index (κ1) is 15.7. The van der Waals surface area contributed by atoms with Gasteiger partial charge in [-0.15, -0.1) is 0 Å². The molecule has 3 rings (SSSR count). The Labute approximate surface area is 138 Å². The lowest BCUT2D eigenvalue weighted by Crippen LogP contribution is -2.22. The number of hydrogen-bond acceptors (Lipinski definition) is 5. The molecule has 3 aromatic rings. The molecule has 0 saturated heterocycles. The number of fused-ring (bicyclic) bond motifs is 1. The predicted octanol–water partition coefficient (Wildman–Crippen LogP) is 2.58. The van der Waals surface area contributed by atoms with E-state index < -0.39 is 0 Å². The first-order chi connectivity index (χ1) is 10.9. The van der Waals surface area contributed by atoms with Gasteiger partial charge in [-0.25, -0.2) is 4.98 Å². The van der Waals surface area contributed by atoms with Gasteiger partial charge in [0.25, 0.3) is 5.56 Å². The molecule has 3 heterocycles. The van der Waals surface area contributed by atoms with Crippen LogP contribution < -0.4 is 5.56 Å². The van der Waals surface area contributed by atoms with Crippen molar-refractivity contribution in [3.63, 3.8) is 0 Å². The summed E-state index contributed by atoms with van der Waals surface area (Å²) in [5.74, 6) is 0.815. The fourth-order valence-electron chi connectivity index (χ4n) is 2.54. The molecule has 23 heavy (non-hydrogen) atoms. The maximum Gasteiger partial charge on any atom is 0.258 e. The molecule has 0 aliphatic heterocycles. The highest BCUT2D eigenvalue weighted by Crippen LogP contribution is 2.15. The van der Waals surface area contributed by atoms with Gasteiger partial charge in [-0.05, 0) is 33.0 Å². The summed E-state index contributed by atoms with van der Waals surface area (Å²) in [6.45, 7) is 5.05. The van der Waals surface area contributed by atoms with E-state index in [9.17, 15) is 4.79 Å². The van der Waals surface area contributed by atoms with Crippen LogP contribution in [0.4, 0.5) is 0 Å². The van der Waals surface area contributed by atoms with Gasteiger partial charge in [0.2, 0.25) is 0 Å². The lowest BCUT2D eigenvalue weighted by atomic mass is 10.2. The third kappa shape index (κ3) is 3.28. The zero-order chi connectivity index (χ0) is 16.6. The van der Waals surface area contributed by atoms with Gasteiger partial charge >= 0.3 is 0 Å². The number of hydrogen-bond donors (Lipinski definition) is 0. The summed E-state index contributed by atoms with van der Waals surface area (Å²) in [4.78, 5) is 18.8. The molecular formula is C16H17ClN4O2. The third-order valence-electron chi connectivity index (χ3n) is 3.72. The summed E-state index contributed by atoms with van der Waals surface area (Å²) in [6.07, 6.45) is 1.57. The summed E-state index contributed by atoms with van der Waals surface area (Å²) in [5, 5.41) is 4.46. The second kappa shape index (κ2) is 6.14. The van der Waals surface area contributed by atoms with E-state index in [-0.39, 0.29) is 5.56 Å². The first-order valence-electron chi connectivity index (χ1n) is 7.22. The lowest BCUT2D eigenvalue weighted by Gasteiger charge is -2.16. The molecule has 0 radical (unpaired) electrons. The van der Waals surface area contributed by atoms with Crippen molar-refractivity contribution in [3.05, 3.63) is 62.5 Å². The van der Waals surface area contributed by atoms with E-state index >= 15 is 0 Å². The molecule has 0 atom stereocenters. The molecule has 0 aromatic carbocycles. The van der Waals surface area contributed by atoms with Crippen LogP contribution in [0, 0.1) is 13.8 Å². The molecule has 0 amide bonds. The average Bonchev–Trinajstić information content (AvgIpc) is 2.80. The Kier molecular flexibility index (Phi) is 4.19. The summed E-state index contributed by atoms with van der Waals surface area (Å²) in [7, 11) is 1.97. The Morgan fingerprint density at radius 3 is 2.78 bits per heavy atom.